The first kappa shape index (κ1) is 17.1. The van der Waals surface area contributed by atoms with Gasteiger partial charge in [0.2, 0.25) is 0 Å². The van der Waals surface area contributed by atoms with Gasteiger partial charge in [0.25, 0.3) is 0 Å². The van der Waals surface area contributed by atoms with Crippen LogP contribution in [0.25, 0.3) is 22.2 Å². The molecule has 0 saturated heterocycles. The first-order valence-electron chi connectivity index (χ1n) is 8.68. The number of anilines is 1. The number of amides is 2. The number of rotatable bonds is 5. The Balaban J connectivity index is 1.47. The molecule has 3 aromatic rings. The second-order valence-electron chi connectivity index (χ2n) is 6.46. The van der Waals surface area contributed by atoms with E-state index in [0.29, 0.717) is 6.54 Å². The Morgan fingerprint density at radius 1 is 1.19 bits per heavy atom. The summed E-state index contributed by atoms with van der Waals surface area (Å²) in [6, 6.07) is 13.6. The lowest BCUT2D eigenvalue weighted by Crippen LogP contribution is -2.30. The molecule has 2 N–H and O–H groups in total. The number of carbonyl (C=O) groups excluding carboxylic acids is 1. The second-order valence-corrected chi connectivity index (χ2v) is 6.46. The maximum Gasteiger partial charge on any atom is 0.319 e. The molecule has 2 amide bonds. The summed E-state index contributed by atoms with van der Waals surface area (Å²) in [7, 11) is 3.53. The predicted octanol–water partition coefficient (Wildman–Crippen LogP) is 3.39. The Bertz CT molecular complexity index is 1040. The summed E-state index contributed by atoms with van der Waals surface area (Å²) in [6.45, 7) is 2.52. The largest absolute Gasteiger partial charge is 0.332 e. The predicted molar refractivity (Wildman–Crippen MR) is 105 cm³/mol. The summed E-state index contributed by atoms with van der Waals surface area (Å²) in [5, 5.41) is 13.0. The van der Waals surface area contributed by atoms with Crippen LogP contribution < -0.4 is 10.6 Å². The van der Waals surface area contributed by atoms with E-state index in [1.807, 2.05) is 48.3 Å². The van der Waals surface area contributed by atoms with Crippen LogP contribution in [0.3, 0.4) is 0 Å². The fraction of sp³-hybridized carbons (Fsp3) is 0.200. The molecule has 0 spiro atoms. The van der Waals surface area contributed by atoms with E-state index in [0.717, 1.165) is 33.5 Å². The van der Waals surface area contributed by atoms with Gasteiger partial charge in [-0.3, -0.25) is 9.52 Å². The van der Waals surface area contributed by atoms with Gasteiger partial charge in [0.05, 0.1) is 31.1 Å². The molecule has 0 aliphatic carbocycles. The quantitative estimate of drug-likeness (QED) is 0.729. The van der Waals surface area contributed by atoms with E-state index < -0.39 is 0 Å². The third kappa shape index (κ3) is 3.37. The Morgan fingerprint density at radius 2 is 1.96 bits per heavy atom. The van der Waals surface area contributed by atoms with Gasteiger partial charge in [0, 0.05) is 23.7 Å². The molecule has 4 rings (SSSR count). The molecule has 7 heteroatoms. The Morgan fingerprint density at radius 3 is 2.67 bits per heavy atom. The van der Waals surface area contributed by atoms with E-state index >= 15 is 0 Å². The molecule has 138 valence electrons. The van der Waals surface area contributed by atoms with Crippen molar-refractivity contribution in [1.29, 1.82) is 0 Å². The molecule has 7 nitrogen and oxygen atoms in total. The third-order valence-electron chi connectivity index (χ3n) is 4.61. The highest BCUT2D eigenvalue weighted by atomic mass is 16.7. The first-order valence-corrected chi connectivity index (χ1v) is 8.68. The fourth-order valence-electron chi connectivity index (χ4n) is 3.14. The fourth-order valence-corrected chi connectivity index (χ4v) is 3.14. The highest BCUT2D eigenvalue weighted by Crippen LogP contribution is 2.30. The summed E-state index contributed by atoms with van der Waals surface area (Å²) in [5.41, 5.74) is 5.91. The smallest absolute Gasteiger partial charge is 0.319 e. The van der Waals surface area contributed by atoms with Gasteiger partial charge in [-0.05, 0) is 30.7 Å². The highest BCUT2D eigenvalue weighted by molar-refractivity contribution is 5.96. The normalized spacial score (nSPS) is 12.9. The molecule has 1 aliphatic heterocycles. The summed E-state index contributed by atoms with van der Waals surface area (Å²) < 4.78 is 1.90. The number of fused-ring (bicyclic) bond motifs is 1. The van der Waals surface area contributed by atoms with Crippen LogP contribution in [-0.4, -0.2) is 34.5 Å². The maximum absolute atomic E-state index is 12.0. The number of urea groups is 1. The molecular weight excluding hydrogens is 342 g/mol. The van der Waals surface area contributed by atoms with Gasteiger partial charge < -0.3 is 10.6 Å². The molecular formula is C20H21N5O2. The van der Waals surface area contributed by atoms with Gasteiger partial charge in [-0.1, -0.05) is 24.3 Å². The van der Waals surface area contributed by atoms with Crippen molar-refractivity contribution in [2.45, 2.75) is 6.92 Å². The Labute approximate surface area is 157 Å². The zero-order valence-electron chi connectivity index (χ0n) is 15.5. The highest BCUT2D eigenvalue weighted by Gasteiger charge is 2.20. The maximum atomic E-state index is 12.0. The lowest BCUT2D eigenvalue weighted by Gasteiger charge is -2.08. The molecule has 0 atom stereocenters. The number of benzene rings is 2. The van der Waals surface area contributed by atoms with Crippen LogP contribution in [0.2, 0.25) is 0 Å². The van der Waals surface area contributed by atoms with E-state index in [-0.39, 0.29) is 6.03 Å². The van der Waals surface area contributed by atoms with Crippen LogP contribution in [0.4, 0.5) is 10.5 Å². The van der Waals surface area contributed by atoms with Gasteiger partial charge in [0.1, 0.15) is 5.69 Å². The molecule has 0 radical (unpaired) electrons. The van der Waals surface area contributed by atoms with Crippen molar-refractivity contribution in [2.75, 3.05) is 19.0 Å². The van der Waals surface area contributed by atoms with Crippen LogP contribution in [0, 0.1) is 6.92 Å². The van der Waals surface area contributed by atoms with Crippen LogP contribution in [0.15, 0.2) is 54.4 Å². The number of nitrogens with zero attached hydrogens (tertiary/aromatic N) is 3. The van der Waals surface area contributed by atoms with Crippen molar-refractivity contribution in [3.63, 3.8) is 0 Å². The van der Waals surface area contributed by atoms with E-state index in [1.54, 1.807) is 12.2 Å². The summed E-state index contributed by atoms with van der Waals surface area (Å²) in [6.07, 6.45) is 1.81. The molecule has 1 aromatic heterocycles. The molecule has 0 saturated carbocycles. The molecule has 2 heterocycles. The topological polar surface area (TPSA) is 71.2 Å². The monoisotopic (exact) mass is 363 g/mol. The standard InChI is InChI=1S/C20H21N5O2/c1-13-5-4-6-17-18(13)19(23-24(17)2)14-7-9-15(10-8-14)22-20(26)21-11-16-12-25(16)27-3/h4-10,12H,11H2,1-3H3,(H2,21,22,26). The zero-order chi connectivity index (χ0) is 19.0. The van der Waals surface area contributed by atoms with Crippen LogP contribution in [0.1, 0.15) is 5.56 Å². The van der Waals surface area contributed by atoms with E-state index in [9.17, 15) is 4.79 Å². The van der Waals surface area contributed by atoms with Gasteiger partial charge in [0.15, 0.2) is 0 Å². The van der Waals surface area contributed by atoms with Crippen LogP contribution in [-0.2, 0) is 11.9 Å². The van der Waals surface area contributed by atoms with Crippen molar-refractivity contribution in [3.8, 4) is 11.3 Å². The Kier molecular flexibility index (Phi) is 4.29. The minimum Gasteiger partial charge on any atom is -0.332 e. The number of aryl methyl sites for hydroxylation is 2. The first-order chi connectivity index (χ1) is 13.1. The number of hydrogen-bond acceptors (Lipinski definition) is 4. The number of aromatic nitrogens is 2. The minimum atomic E-state index is -0.259. The van der Waals surface area contributed by atoms with Crippen molar-refractivity contribution >= 4 is 22.6 Å². The summed E-state index contributed by atoms with van der Waals surface area (Å²) in [5.74, 6) is 0. The molecule has 27 heavy (non-hydrogen) atoms. The SMILES string of the molecule is CON1C=C1CNC(=O)Nc1ccc(-c2nn(C)c3cccc(C)c23)cc1. The van der Waals surface area contributed by atoms with E-state index in [4.69, 9.17) is 4.84 Å². The molecule has 2 aromatic carbocycles. The molecule has 0 unspecified atom stereocenters. The van der Waals surface area contributed by atoms with Gasteiger partial charge in [-0.15, -0.1) is 0 Å². The lowest BCUT2D eigenvalue weighted by atomic mass is 10.0. The number of hydroxylamine groups is 2. The zero-order valence-corrected chi connectivity index (χ0v) is 15.5. The van der Waals surface area contributed by atoms with Crippen molar-refractivity contribution in [2.24, 2.45) is 7.05 Å². The van der Waals surface area contributed by atoms with Gasteiger partial charge in [-0.2, -0.15) is 5.10 Å². The third-order valence-corrected chi connectivity index (χ3v) is 4.61. The average Bonchev–Trinajstić information content (AvgIpc) is 3.36. The van der Waals surface area contributed by atoms with Crippen LogP contribution in [0.5, 0.6) is 0 Å². The van der Waals surface area contributed by atoms with E-state index in [1.165, 1.54) is 5.56 Å². The number of nitrogens with one attached hydrogen (secondary N) is 2. The number of carbonyl (C=O) groups is 1. The van der Waals surface area contributed by atoms with Gasteiger partial charge >= 0.3 is 6.03 Å². The van der Waals surface area contributed by atoms with E-state index in [2.05, 4.69) is 34.8 Å². The van der Waals surface area contributed by atoms with Crippen molar-refractivity contribution in [3.05, 3.63) is 59.9 Å². The number of hydrogen-bond donors (Lipinski definition) is 2. The van der Waals surface area contributed by atoms with Crippen LogP contribution >= 0.6 is 0 Å². The summed E-state index contributed by atoms with van der Waals surface area (Å²) in [4.78, 5) is 17.0. The Hall–Kier alpha value is -3.32. The lowest BCUT2D eigenvalue weighted by molar-refractivity contribution is -0.0146. The summed E-state index contributed by atoms with van der Waals surface area (Å²) >= 11 is 0. The second kappa shape index (κ2) is 6.77. The van der Waals surface area contributed by atoms with Gasteiger partial charge in [-0.25, -0.2) is 9.86 Å². The molecule has 0 fully saturated rings. The van der Waals surface area contributed by atoms with Crippen molar-refractivity contribution in [1.82, 2.24) is 20.2 Å². The van der Waals surface area contributed by atoms with Crippen molar-refractivity contribution < 1.29 is 9.63 Å². The average molecular weight is 363 g/mol. The molecule has 1 aliphatic rings. The minimum absolute atomic E-state index is 0.259. The molecule has 0 bridgehead atoms.